The van der Waals surface area contributed by atoms with Gasteiger partial charge in [-0.05, 0) is 25.0 Å². The maximum atomic E-state index is 12.8. The van der Waals surface area contributed by atoms with Crippen molar-refractivity contribution in [3.63, 3.8) is 0 Å². The number of carbonyl (C=O) groups excluding carboxylic acids is 2. The van der Waals surface area contributed by atoms with Crippen LogP contribution in [0.3, 0.4) is 0 Å². The van der Waals surface area contributed by atoms with Gasteiger partial charge in [-0.2, -0.15) is 9.36 Å². The summed E-state index contributed by atoms with van der Waals surface area (Å²) < 4.78 is 3.81. The molecule has 2 amide bonds. The number of pyridine rings is 1. The smallest absolute Gasteiger partial charge is 0.353 e. The topological polar surface area (TPSA) is 184 Å². The zero-order valence-electron chi connectivity index (χ0n) is 15.9. The van der Waals surface area contributed by atoms with Crippen molar-refractivity contribution in [1.82, 2.24) is 24.6 Å². The van der Waals surface area contributed by atoms with E-state index in [9.17, 15) is 24.7 Å². The summed E-state index contributed by atoms with van der Waals surface area (Å²) in [5, 5.41) is 24.7. The number of rotatable bonds is 6. The molecule has 1 saturated heterocycles. The molecule has 15 heteroatoms. The summed E-state index contributed by atoms with van der Waals surface area (Å²) in [6.45, 7) is 0. The number of anilines is 1. The number of nitrogens with one attached hydrogen (secondary N) is 1. The Hall–Kier alpha value is -3.23. The summed E-state index contributed by atoms with van der Waals surface area (Å²) >= 11 is 7.79. The van der Waals surface area contributed by atoms with E-state index in [0.717, 1.165) is 16.4 Å². The number of aliphatic carboxylic acids is 1. The van der Waals surface area contributed by atoms with Crippen molar-refractivity contribution >= 4 is 63.5 Å². The van der Waals surface area contributed by atoms with Crippen LogP contribution >= 0.6 is 34.9 Å². The highest BCUT2D eigenvalue weighted by Gasteiger charge is 2.53. The van der Waals surface area contributed by atoms with Crippen LogP contribution in [0.25, 0.3) is 0 Å². The van der Waals surface area contributed by atoms with Gasteiger partial charge in [-0.15, -0.1) is 0 Å². The molecule has 2 aromatic rings. The Morgan fingerprint density at radius 2 is 2.19 bits per heavy atom. The Kier molecular flexibility index (Phi) is 5.99. The van der Waals surface area contributed by atoms with Crippen molar-refractivity contribution < 1.29 is 24.7 Å². The normalized spacial score (nSPS) is 20.6. The number of halogens is 1. The van der Waals surface area contributed by atoms with Gasteiger partial charge in [-0.25, -0.2) is 9.78 Å². The predicted molar refractivity (Wildman–Crippen MR) is 114 cm³/mol. The van der Waals surface area contributed by atoms with E-state index in [0.29, 0.717) is 27.8 Å². The Bertz CT molecular complexity index is 1170. The number of aromatic nitrogens is 3. The number of nitrogen functional groups attached to an aromatic ring is 1. The van der Waals surface area contributed by atoms with E-state index in [2.05, 4.69) is 24.8 Å². The number of fused-ring (bicyclic) bond motifs is 1. The molecule has 2 unspecified atom stereocenters. The molecule has 0 aromatic carbocycles. The fourth-order valence-corrected chi connectivity index (χ4v) is 5.00. The highest BCUT2D eigenvalue weighted by Crippen LogP contribution is 2.43. The molecule has 12 nitrogen and oxygen atoms in total. The number of oxime groups is 1. The second-order valence-electron chi connectivity index (χ2n) is 6.67. The molecule has 2 aliphatic heterocycles. The first kappa shape index (κ1) is 22.0. The minimum Gasteiger partial charge on any atom is -0.477 e. The number of carbonyl (C=O) groups is 3. The lowest BCUT2D eigenvalue weighted by atomic mass is 9.86. The van der Waals surface area contributed by atoms with Crippen LogP contribution in [-0.4, -0.2) is 65.1 Å². The van der Waals surface area contributed by atoms with Gasteiger partial charge in [-0.3, -0.25) is 14.5 Å². The Morgan fingerprint density at radius 3 is 2.78 bits per heavy atom. The quantitative estimate of drug-likeness (QED) is 0.148. The summed E-state index contributed by atoms with van der Waals surface area (Å²) in [5.41, 5.74) is 4.84. The SMILES string of the molecule is Nc1nc(/C(=N/O)C(=O)NC2C(=O)N3C(C(=O)O)=C(Sc4ccc(Cl)nc4)CCC23)ns1. The lowest BCUT2D eigenvalue weighted by molar-refractivity contribution is -0.155. The van der Waals surface area contributed by atoms with Gasteiger partial charge in [0.25, 0.3) is 11.8 Å². The summed E-state index contributed by atoms with van der Waals surface area (Å²) in [6.07, 6.45) is 2.31. The number of nitrogens with two attached hydrogens (primary N) is 1. The third-order valence-electron chi connectivity index (χ3n) is 4.79. The molecule has 32 heavy (non-hydrogen) atoms. The third kappa shape index (κ3) is 3.99. The van der Waals surface area contributed by atoms with E-state index in [-0.39, 0.29) is 16.7 Å². The van der Waals surface area contributed by atoms with E-state index in [1.54, 1.807) is 12.1 Å². The molecule has 166 valence electrons. The average molecular weight is 496 g/mol. The summed E-state index contributed by atoms with van der Waals surface area (Å²) in [6, 6.07) is 1.75. The van der Waals surface area contributed by atoms with Crippen molar-refractivity contribution in [2.45, 2.75) is 29.8 Å². The predicted octanol–water partition coefficient (Wildman–Crippen LogP) is 0.925. The van der Waals surface area contributed by atoms with Gasteiger partial charge in [0.2, 0.25) is 11.5 Å². The highest BCUT2D eigenvalue weighted by molar-refractivity contribution is 8.03. The lowest BCUT2D eigenvalue weighted by Gasteiger charge is -2.50. The van der Waals surface area contributed by atoms with Crippen molar-refractivity contribution in [1.29, 1.82) is 0 Å². The standard InChI is InChI=1S/C17H14ClN7O5S2/c18-9-4-1-6(5-20-9)31-8-3-2-7-10(15(27)25(7)12(8)16(28)29)21-14(26)11(23-30)13-22-17(19)32-24-13/h1,4-5,7,10,30H,2-3H2,(H,21,26)(H,28,29)(H2,19,22,24)/b23-11-. The Labute approximate surface area is 193 Å². The molecule has 0 saturated carbocycles. The molecule has 2 atom stereocenters. The monoisotopic (exact) mass is 495 g/mol. The number of β-lactam (4-membered cyclic amide) rings is 1. The first-order valence-corrected chi connectivity index (χ1v) is 11.0. The largest absolute Gasteiger partial charge is 0.477 e. The molecule has 2 aromatic heterocycles. The summed E-state index contributed by atoms with van der Waals surface area (Å²) in [5.74, 6) is -2.90. The molecule has 4 rings (SSSR count). The summed E-state index contributed by atoms with van der Waals surface area (Å²) in [7, 11) is 0. The lowest BCUT2D eigenvalue weighted by Crippen LogP contribution is -2.72. The van der Waals surface area contributed by atoms with Crippen molar-refractivity contribution in [3.05, 3.63) is 39.9 Å². The zero-order chi connectivity index (χ0) is 23.0. The van der Waals surface area contributed by atoms with Crippen LogP contribution in [0.4, 0.5) is 5.13 Å². The van der Waals surface area contributed by atoms with Crippen LogP contribution in [0.5, 0.6) is 0 Å². The Morgan fingerprint density at radius 1 is 1.41 bits per heavy atom. The van der Waals surface area contributed by atoms with Gasteiger partial charge in [0.1, 0.15) is 16.9 Å². The van der Waals surface area contributed by atoms with Crippen molar-refractivity contribution in [2.75, 3.05) is 5.73 Å². The second-order valence-corrected chi connectivity index (χ2v) is 9.00. The molecule has 5 N–H and O–H groups in total. The first-order chi connectivity index (χ1) is 15.3. The van der Waals surface area contributed by atoms with Crippen LogP contribution in [0.2, 0.25) is 5.15 Å². The Balaban J connectivity index is 1.52. The minimum absolute atomic E-state index is 0.0734. The number of amides is 2. The van der Waals surface area contributed by atoms with Gasteiger partial charge in [0.15, 0.2) is 5.13 Å². The summed E-state index contributed by atoms with van der Waals surface area (Å²) in [4.78, 5) is 47.3. The van der Waals surface area contributed by atoms with Gasteiger partial charge in [0.05, 0.1) is 6.04 Å². The molecule has 2 aliphatic rings. The van der Waals surface area contributed by atoms with Gasteiger partial charge >= 0.3 is 5.97 Å². The molecule has 0 radical (unpaired) electrons. The number of carboxylic acids is 1. The number of allylic oxidation sites excluding steroid dienone is 1. The molecular formula is C17H14ClN7O5S2. The fourth-order valence-electron chi connectivity index (χ4n) is 3.43. The van der Waals surface area contributed by atoms with Crippen LogP contribution in [0.1, 0.15) is 18.7 Å². The number of hydrogen-bond acceptors (Lipinski definition) is 11. The zero-order valence-corrected chi connectivity index (χ0v) is 18.3. The number of nitrogens with zero attached hydrogens (tertiary/aromatic N) is 5. The molecule has 0 spiro atoms. The highest BCUT2D eigenvalue weighted by atomic mass is 35.5. The number of hydrogen-bond donors (Lipinski definition) is 4. The maximum absolute atomic E-state index is 12.8. The maximum Gasteiger partial charge on any atom is 0.353 e. The van der Waals surface area contributed by atoms with E-state index in [1.165, 1.54) is 18.0 Å². The second kappa shape index (κ2) is 8.72. The first-order valence-electron chi connectivity index (χ1n) is 9.01. The van der Waals surface area contributed by atoms with Gasteiger partial charge in [-0.1, -0.05) is 28.5 Å². The molecule has 1 fully saturated rings. The van der Waals surface area contributed by atoms with Crippen LogP contribution in [0.15, 0.2) is 39.0 Å². The van der Waals surface area contributed by atoms with E-state index in [4.69, 9.17) is 17.3 Å². The van der Waals surface area contributed by atoms with E-state index < -0.39 is 35.6 Å². The number of carboxylic acid groups (broad SMARTS) is 1. The van der Waals surface area contributed by atoms with Crippen LogP contribution < -0.4 is 11.1 Å². The third-order valence-corrected chi connectivity index (χ3v) is 6.68. The van der Waals surface area contributed by atoms with Gasteiger partial charge in [0, 0.05) is 27.5 Å². The fraction of sp³-hybridized carbons (Fsp3) is 0.235. The molecular weight excluding hydrogens is 482 g/mol. The minimum atomic E-state index is -1.25. The van der Waals surface area contributed by atoms with Crippen molar-refractivity contribution in [3.8, 4) is 0 Å². The van der Waals surface area contributed by atoms with Crippen molar-refractivity contribution in [2.24, 2.45) is 5.16 Å². The molecule has 0 bridgehead atoms. The number of thioether (sulfide) groups is 1. The van der Waals surface area contributed by atoms with Crippen LogP contribution in [0, 0.1) is 0 Å². The van der Waals surface area contributed by atoms with Crippen LogP contribution in [-0.2, 0) is 14.4 Å². The van der Waals surface area contributed by atoms with E-state index in [1.807, 2.05) is 0 Å². The average Bonchev–Trinajstić information content (AvgIpc) is 3.19. The van der Waals surface area contributed by atoms with E-state index >= 15 is 0 Å². The van der Waals surface area contributed by atoms with Gasteiger partial charge < -0.3 is 21.4 Å². The molecule has 4 heterocycles. The molecule has 0 aliphatic carbocycles.